The van der Waals surface area contributed by atoms with E-state index in [1.807, 2.05) is 0 Å². The third kappa shape index (κ3) is 85.8. The molecular weight excluding hydrogens is 1440 g/mol. The summed E-state index contributed by atoms with van der Waals surface area (Å²) in [5, 5.41) is 10.7. The molecule has 0 aromatic heterocycles. The third-order valence-corrected chi connectivity index (χ3v) is 23.7. The Hall–Kier alpha value is -1.94. The van der Waals surface area contributed by atoms with Gasteiger partial charge in [0.25, 0.3) is 0 Å². The molecule has 0 heterocycles. The summed E-state index contributed by atoms with van der Waals surface area (Å²) < 4.78 is 69.1. The van der Waals surface area contributed by atoms with Crippen molar-refractivity contribution < 1.29 is 80.2 Å². The van der Waals surface area contributed by atoms with Crippen LogP contribution in [0.25, 0.3) is 0 Å². The maximum Gasteiger partial charge on any atom is 0.472 e. The van der Waals surface area contributed by atoms with Crippen LogP contribution in [0.15, 0.2) is 0 Å². The van der Waals surface area contributed by atoms with Crippen LogP contribution < -0.4 is 0 Å². The highest BCUT2D eigenvalue weighted by Crippen LogP contribution is 2.45. The first-order chi connectivity index (χ1) is 54.0. The van der Waals surface area contributed by atoms with Gasteiger partial charge in [-0.1, -0.05) is 452 Å². The van der Waals surface area contributed by atoms with Gasteiger partial charge >= 0.3 is 39.5 Å². The SMILES string of the molecule is CCCCCCCCCCCCCCCCCCCCCCCCC(=O)O[C@H](COC(=O)CCCCCCCCCCCCCCCCCCCCCCC)COP(=O)(O)OC[C@@H](O)COP(=O)(O)OC[C@@H](COC(=O)CCCCCCCCCCCC)OC(=O)CCCCCCCCCCCCCCCCCC(C)C. The molecule has 3 N–H and O–H groups in total. The zero-order valence-electron chi connectivity index (χ0n) is 73.1. The molecular formula is C92H180O17P2. The lowest BCUT2D eigenvalue weighted by Gasteiger charge is -2.21. The van der Waals surface area contributed by atoms with Gasteiger partial charge in [0.2, 0.25) is 0 Å². The Morgan fingerprint density at radius 3 is 0.613 bits per heavy atom. The first kappa shape index (κ1) is 109. The number of aliphatic hydroxyl groups is 1. The van der Waals surface area contributed by atoms with Crippen molar-refractivity contribution >= 4 is 39.5 Å². The van der Waals surface area contributed by atoms with Crippen LogP contribution in [-0.2, 0) is 65.4 Å². The minimum absolute atomic E-state index is 0.109. The number of rotatable bonds is 92. The Morgan fingerprint density at radius 2 is 0.414 bits per heavy atom. The standard InChI is InChI=1S/C92H180O17P2/c1-6-9-12-15-18-21-24-26-28-30-32-34-36-38-40-44-48-52-57-62-67-72-77-92(97)109-88(82-103-90(95)76-71-66-61-56-51-47-43-39-37-35-33-31-29-27-25-22-19-16-13-10-7-2)84-107-111(100,101)105-80-86(93)79-104-110(98,99)106-83-87(81-102-89(94)75-70-65-60-55-23-20-17-14-11-8-3)108-91(96)78-73-68-63-58-53-49-45-41-42-46-50-54-59-64-69-74-85(4)5/h85-88,93H,6-84H2,1-5H3,(H,98,99)(H,100,101)/t86-,87+,88+/m0/s1. The van der Waals surface area contributed by atoms with Crippen LogP contribution in [0.3, 0.4) is 0 Å². The fourth-order valence-corrected chi connectivity index (χ4v) is 16.1. The van der Waals surface area contributed by atoms with Gasteiger partial charge in [-0.25, -0.2) is 9.13 Å². The first-order valence-corrected chi connectivity index (χ1v) is 50.6. The number of hydrogen-bond acceptors (Lipinski definition) is 15. The van der Waals surface area contributed by atoms with Gasteiger partial charge in [0.15, 0.2) is 12.2 Å². The van der Waals surface area contributed by atoms with Crippen LogP contribution >= 0.6 is 15.6 Å². The van der Waals surface area contributed by atoms with Crippen LogP contribution in [0.1, 0.15) is 503 Å². The Morgan fingerprint density at radius 1 is 0.243 bits per heavy atom. The van der Waals surface area contributed by atoms with Crippen molar-refractivity contribution in [1.82, 2.24) is 0 Å². The number of phosphoric ester groups is 2. The molecule has 0 aliphatic carbocycles. The van der Waals surface area contributed by atoms with Gasteiger partial charge in [0, 0.05) is 25.7 Å². The molecule has 17 nitrogen and oxygen atoms in total. The van der Waals surface area contributed by atoms with E-state index in [4.69, 9.17) is 37.0 Å². The average Bonchev–Trinajstić information content (AvgIpc) is 0.898. The number of aliphatic hydroxyl groups excluding tert-OH is 1. The van der Waals surface area contributed by atoms with E-state index in [0.717, 1.165) is 95.8 Å². The number of hydrogen-bond donors (Lipinski definition) is 3. The maximum absolute atomic E-state index is 13.2. The molecule has 0 amide bonds. The molecule has 0 rings (SSSR count). The Balaban J connectivity index is 5.21. The molecule has 0 saturated carbocycles. The molecule has 111 heavy (non-hydrogen) atoms. The summed E-state index contributed by atoms with van der Waals surface area (Å²) in [6.07, 6.45) is 80.8. The van der Waals surface area contributed by atoms with Crippen molar-refractivity contribution in [3.63, 3.8) is 0 Å². The van der Waals surface area contributed by atoms with E-state index in [9.17, 15) is 43.2 Å². The number of carbonyl (C=O) groups excluding carboxylic acids is 4. The van der Waals surface area contributed by atoms with Gasteiger partial charge in [-0.05, 0) is 31.6 Å². The average molecular weight is 1620 g/mol. The van der Waals surface area contributed by atoms with E-state index in [2.05, 4.69) is 34.6 Å². The van der Waals surface area contributed by atoms with E-state index in [1.165, 1.54) is 327 Å². The second kappa shape index (κ2) is 84.5. The summed E-state index contributed by atoms with van der Waals surface area (Å²) >= 11 is 0. The summed E-state index contributed by atoms with van der Waals surface area (Å²) in [4.78, 5) is 73.4. The number of carbonyl (C=O) groups is 4. The van der Waals surface area contributed by atoms with E-state index < -0.39 is 97.5 Å². The summed E-state index contributed by atoms with van der Waals surface area (Å²) in [7, 11) is -9.93. The zero-order chi connectivity index (χ0) is 81.1. The van der Waals surface area contributed by atoms with Gasteiger partial charge in [0.1, 0.15) is 19.3 Å². The quantitative estimate of drug-likeness (QED) is 0.0222. The molecule has 2 unspecified atom stereocenters. The van der Waals surface area contributed by atoms with Crippen LogP contribution in [0.5, 0.6) is 0 Å². The van der Waals surface area contributed by atoms with Gasteiger partial charge in [-0.2, -0.15) is 0 Å². The fourth-order valence-electron chi connectivity index (χ4n) is 14.5. The number of unbranched alkanes of at least 4 members (excludes halogenated alkanes) is 64. The molecule has 19 heteroatoms. The second-order valence-corrected chi connectivity index (χ2v) is 36.4. The molecule has 5 atom stereocenters. The predicted molar refractivity (Wildman–Crippen MR) is 460 cm³/mol. The fraction of sp³-hybridized carbons (Fsp3) is 0.957. The smallest absolute Gasteiger partial charge is 0.462 e. The second-order valence-electron chi connectivity index (χ2n) is 33.5. The van der Waals surface area contributed by atoms with Crippen molar-refractivity contribution in [2.75, 3.05) is 39.6 Å². The van der Waals surface area contributed by atoms with Crippen molar-refractivity contribution in [3.05, 3.63) is 0 Å². The molecule has 660 valence electrons. The lowest BCUT2D eigenvalue weighted by molar-refractivity contribution is -0.161. The minimum Gasteiger partial charge on any atom is -0.462 e. The highest BCUT2D eigenvalue weighted by molar-refractivity contribution is 7.47. The molecule has 0 bridgehead atoms. The molecule has 0 aliphatic heterocycles. The first-order valence-electron chi connectivity index (χ1n) is 47.6. The molecule has 0 aromatic rings. The number of phosphoric acid groups is 2. The molecule has 0 saturated heterocycles. The van der Waals surface area contributed by atoms with E-state index in [0.29, 0.717) is 25.7 Å². The van der Waals surface area contributed by atoms with Crippen molar-refractivity contribution in [2.45, 2.75) is 522 Å². The topological polar surface area (TPSA) is 237 Å². The predicted octanol–water partition coefficient (Wildman–Crippen LogP) is 28.7. The zero-order valence-corrected chi connectivity index (χ0v) is 74.9. The van der Waals surface area contributed by atoms with Crippen molar-refractivity contribution in [1.29, 1.82) is 0 Å². The summed E-state index contributed by atoms with van der Waals surface area (Å²) in [6.45, 7) is 7.41. The highest BCUT2D eigenvalue weighted by atomic mass is 31.2. The van der Waals surface area contributed by atoms with Gasteiger partial charge < -0.3 is 33.8 Å². The van der Waals surface area contributed by atoms with E-state index in [1.54, 1.807) is 0 Å². The van der Waals surface area contributed by atoms with Crippen molar-refractivity contribution in [2.24, 2.45) is 5.92 Å². The number of esters is 4. The molecule has 0 aliphatic rings. The van der Waals surface area contributed by atoms with Crippen LogP contribution in [0.2, 0.25) is 0 Å². The molecule has 0 fully saturated rings. The summed E-state index contributed by atoms with van der Waals surface area (Å²) in [5.74, 6) is -1.29. The minimum atomic E-state index is -4.97. The van der Waals surface area contributed by atoms with Gasteiger partial charge in [-0.15, -0.1) is 0 Å². The van der Waals surface area contributed by atoms with E-state index >= 15 is 0 Å². The monoisotopic (exact) mass is 1620 g/mol. The van der Waals surface area contributed by atoms with Crippen molar-refractivity contribution in [3.8, 4) is 0 Å². The third-order valence-electron chi connectivity index (χ3n) is 21.8. The molecule has 0 spiro atoms. The number of ether oxygens (including phenoxy) is 4. The molecule has 0 radical (unpaired) electrons. The lowest BCUT2D eigenvalue weighted by Crippen LogP contribution is -2.30. The van der Waals surface area contributed by atoms with Gasteiger partial charge in [0.05, 0.1) is 26.4 Å². The summed E-state index contributed by atoms with van der Waals surface area (Å²) in [5.41, 5.74) is 0. The van der Waals surface area contributed by atoms with Crippen LogP contribution in [-0.4, -0.2) is 96.7 Å². The van der Waals surface area contributed by atoms with Gasteiger partial charge in [-0.3, -0.25) is 37.3 Å². The highest BCUT2D eigenvalue weighted by Gasteiger charge is 2.31. The van der Waals surface area contributed by atoms with E-state index in [-0.39, 0.29) is 25.7 Å². The Bertz CT molecular complexity index is 2100. The van der Waals surface area contributed by atoms with Crippen LogP contribution in [0, 0.1) is 5.92 Å². The lowest BCUT2D eigenvalue weighted by atomic mass is 10.0. The normalized spacial score (nSPS) is 13.7. The summed E-state index contributed by atoms with van der Waals surface area (Å²) in [6, 6.07) is 0. The van der Waals surface area contributed by atoms with Crippen LogP contribution in [0.4, 0.5) is 0 Å². The largest absolute Gasteiger partial charge is 0.472 e. The maximum atomic E-state index is 13.2. The molecule has 0 aromatic carbocycles. The Labute approximate surface area is 683 Å². The Kier molecular flexibility index (Phi) is 83.0.